The normalized spacial score (nSPS) is 13.6. The van der Waals surface area contributed by atoms with Crippen LogP contribution < -0.4 is 0 Å². The number of rotatable bonds is 4. The lowest BCUT2D eigenvalue weighted by atomic mass is 10.0. The van der Waals surface area contributed by atoms with E-state index in [-0.39, 0.29) is 5.78 Å². The van der Waals surface area contributed by atoms with Crippen LogP contribution in [0.4, 0.5) is 0 Å². The minimum Gasteiger partial charge on any atom is -0.294 e. The van der Waals surface area contributed by atoms with Crippen molar-refractivity contribution in [3.63, 3.8) is 0 Å². The van der Waals surface area contributed by atoms with Gasteiger partial charge in [-0.05, 0) is 65.3 Å². The molecule has 2 heteroatoms. The van der Waals surface area contributed by atoms with Crippen molar-refractivity contribution in [3.8, 4) is 0 Å². The van der Waals surface area contributed by atoms with Gasteiger partial charge in [0.05, 0.1) is 0 Å². The number of ketones is 1. The van der Waals surface area contributed by atoms with Gasteiger partial charge in [0.2, 0.25) is 0 Å². The molecule has 0 spiro atoms. The third-order valence-electron chi connectivity index (χ3n) is 3.64. The molecule has 1 aliphatic carbocycles. The van der Waals surface area contributed by atoms with E-state index in [1.807, 2.05) is 6.07 Å². The van der Waals surface area contributed by atoms with Gasteiger partial charge in [-0.25, -0.2) is 0 Å². The molecule has 0 fully saturated rings. The second-order valence-electron chi connectivity index (χ2n) is 4.89. The Morgan fingerprint density at radius 3 is 2.89 bits per heavy atom. The zero-order chi connectivity index (χ0) is 12.4. The van der Waals surface area contributed by atoms with Crippen molar-refractivity contribution in [2.75, 3.05) is 0 Å². The third-order valence-corrected chi connectivity index (χ3v) is 4.37. The first kappa shape index (κ1) is 11.7. The van der Waals surface area contributed by atoms with E-state index in [9.17, 15) is 4.79 Å². The second-order valence-corrected chi connectivity index (χ2v) is 5.67. The highest BCUT2D eigenvalue weighted by atomic mass is 32.1. The van der Waals surface area contributed by atoms with Crippen molar-refractivity contribution in [2.24, 2.45) is 0 Å². The number of hydrogen-bond acceptors (Lipinski definition) is 2. The summed E-state index contributed by atoms with van der Waals surface area (Å²) in [5, 5.41) is 4.19. The van der Waals surface area contributed by atoms with Crippen LogP contribution in [0.15, 0.2) is 35.0 Å². The third kappa shape index (κ3) is 2.39. The predicted molar refractivity (Wildman–Crippen MR) is 75.4 cm³/mol. The second kappa shape index (κ2) is 5.07. The molecule has 1 aliphatic rings. The highest BCUT2D eigenvalue weighted by Crippen LogP contribution is 2.23. The van der Waals surface area contributed by atoms with Crippen molar-refractivity contribution in [1.82, 2.24) is 0 Å². The minimum atomic E-state index is 0.274. The summed E-state index contributed by atoms with van der Waals surface area (Å²) in [5.74, 6) is 0.274. The minimum absolute atomic E-state index is 0.274. The Morgan fingerprint density at radius 2 is 2.06 bits per heavy atom. The molecule has 2 aromatic rings. The molecular formula is C16H16OS. The molecule has 0 aliphatic heterocycles. The zero-order valence-corrected chi connectivity index (χ0v) is 11.1. The van der Waals surface area contributed by atoms with E-state index in [1.165, 1.54) is 29.5 Å². The number of carbonyl (C=O) groups is 1. The van der Waals surface area contributed by atoms with Gasteiger partial charge in [-0.15, -0.1) is 0 Å². The average molecular weight is 256 g/mol. The molecule has 0 saturated carbocycles. The van der Waals surface area contributed by atoms with Gasteiger partial charge >= 0.3 is 0 Å². The molecule has 0 amide bonds. The van der Waals surface area contributed by atoms with Crippen molar-refractivity contribution in [1.29, 1.82) is 0 Å². The fraction of sp³-hybridized carbons (Fsp3) is 0.312. The van der Waals surface area contributed by atoms with Crippen LogP contribution in [0.5, 0.6) is 0 Å². The number of aryl methyl sites for hydroxylation is 3. The highest BCUT2D eigenvalue weighted by Gasteiger charge is 2.13. The summed E-state index contributed by atoms with van der Waals surface area (Å²) < 4.78 is 0. The molecule has 0 radical (unpaired) electrons. The van der Waals surface area contributed by atoms with Crippen molar-refractivity contribution < 1.29 is 4.79 Å². The van der Waals surface area contributed by atoms with E-state index < -0.39 is 0 Å². The van der Waals surface area contributed by atoms with Crippen LogP contribution >= 0.6 is 11.3 Å². The molecule has 92 valence electrons. The maximum atomic E-state index is 12.1. The lowest BCUT2D eigenvalue weighted by Gasteiger charge is -2.04. The van der Waals surface area contributed by atoms with Gasteiger partial charge in [-0.3, -0.25) is 4.79 Å². The van der Waals surface area contributed by atoms with E-state index in [4.69, 9.17) is 0 Å². The molecule has 1 heterocycles. The van der Waals surface area contributed by atoms with Gasteiger partial charge in [0.15, 0.2) is 5.78 Å². The summed E-state index contributed by atoms with van der Waals surface area (Å²) in [5.41, 5.74) is 4.99. The number of fused-ring (bicyclic) bond motifs is 1. The Balaban J connectivity index is 1.69. The Labute approximate surface area is 111 Å². The van der Waals surface area contributed by atoms with Crippen LogP contribution in [-0.2, 0) is 19.3 Å². The van der Waals surface area contributed by atoms with Crippen LogP contribution in [0.2, 0.25) is 0 Å². The first-order chi connectivity index (χ1) is 8.83. The summed E-state index contributed by atoms with van der Waals surface area (Å²) in [7, 11) is 0. The number of hydrogen-bond donors (Lipinski definition) is 0. The zero-order valence-electron chi connectivity index (χ0n) is 10.3. The Hall–Kier alpha value is -1.41. The SMILES string of the molecule is O=C(CCc1ccsc1)c1ccc2c(c1)CCC2. The Kier molecular flexibility index (Phi) is 3.28. The molecule has 0 N–H and O–H groups in total. The van der Waals surface area contributed by atoms with Gasteiger partial charge < -0.3 is 0 Å². The van der Waals surface area contributed by atoms with Crippen molar-refractivity contribution in [2.45, 2.75) is 32.1 Å². The fourth-order valence-electron chi connectivity index (χ4n) is 2.58. The van der Waals surface area contributed by atoms with Crippen LogP contribution in [0, 0.1) is 0 Å². The maximum absolute atomic E-state index is 12.1. The number of carbonyl (C=O) groups excluding carboxylic acids is 1. The lowest BCUT2D eigenvalue weighted by Crippen LogP contribution is -2.01. The van der Waals surface area contributed by atoms with Gasteiger partial charge in [-0.1, -0.05) is 12.1 Å². The number of thiophene rings is 1. The van der Waals surface area contributed by atoms with Crippen molar-refractivity contribution in [3.05, 3.63) is 57.3 Å². The Morgan fingerprint density at radius 1 is 1.17 bits per heavy atom. The van der Waals surface area contributed by atoms with Gasteiger partial charge in [-0.2, -0.15) is 11.3 Å². The van der Waals surface area contributed by atoms with Gasteiger partial charge in [0.25, 0.3) is 0 Å². The molecule has 0 saturated heterocycles. The summed E-state index contributed by atoms with van der Waals surface area (Å²) in [6.45, 7) is 0. The molecule has 18 heavy (non-hydrogen) atoms. The first-order valence-electron chi connectivity index (χ1n) is 6.49. The molecule has 3 rings (SSSR count). The average Bonchev–Trinajstić information content (AvgIpc) is 3.05. The monoisotopic (exact) mass is 256 g/mol. The summed E-state index contributed by atoms with van der Waals surface area (Å²) in [6, 6.07) is 8.35. The van der Waals surface area contributed by atoms with E-state index >= 15 is 0 Å². The molecule has 1 aromatic carbocycles. The fourth-order valence-corrected chi connectivity index (χ4v) is 3.29. The van der Waals surface area contributed by atoms with E-state index in [0.717, 1.165) is 18.4 Å². The smallest absolute Gasteiger partial charge is 0.163 e. The van der Waals surface area contributed by atoms with Crippen LogP contribution in [0.25, 0.3) is 0 Å². The van der Waals surface area contributed by atoms with Gasteiger partial charge in [0, 0.05) is 12.0 Å². The number of benzene rings is 1. The lowest BCUT2D eigenvalue weighted by molar-refractivity contribution is 0.0983. The van der Waals surface area contributed by atoms with Crippen LogP contribution in [-0.4, -0.2) is 5.78 Å². The largest absolute Gasteiger partial charge is 0.294 e. The maximum Gasteiger partial charge on any atom is 0.163 e. The van der Waals surface area contributed by atoms with Gasteiger partial charge in [0.1, 0.15) is 0 Å². The van der Waals surface area contributed by atoms with E-state index in [0.29, 0.717) is 6.42 Å². The molecule has 1 aromatic heterocycles. The van der Waals surface area contributed by atoms with Crippen LogP contribution in [0.1, 0.15) is 39.9 Å². The molecule has 0 bridgehead atoms. The number of Topliss-reactive ketones (excluding diaryl/α,β-unsaturated/α-hetero) is 1. The molecule has 0 unspecified atom stereocenters. The van der Waals surface area contributed by atoms with E-state index in [2.05, 4.69) is 29.0 Å². The topological polar surface area (TPSA) is 17.1 Å². The molecule has 1 nitrogen and oxygen atoms in total. The highest BCUT2D eigenvalue weighted by molar-refractivity contribution is 7.07. The molecule has 0 atom stereocenters. The predicted octanol–water partition coefficient (Wildman–Crippen LogP) is 4.05. The Bertz CT molecular complexity index is 554. The summed E-state index contributed by atoms with van der Waals surface area (Å²) in [4.78, 5) is 12.1. The van der Waals surface area contributed by atoms with Crippen molar-refractivity contribution >= 4 is 17.1 Å². The molecular weight excluding hydrogens is 240 g/mol. The standard InChI is InChI=1S/C16H16OS/c17-16(7-4-12-8-9-18-11-12)15-6-5-13-2-1-3-14(13)10-15/h5-6,8-11H,1-4,7H2. The first-order valence-corrected chi connectivity index (χ1v) is 7.43. The summed E-state index contributed by atoms with van der Waals surface area (Å²) in [6.07, 6.45) is 5.04. The summed E-state index contributed by atoms with van der Waals surface area (Å²) >= 11 is 1.69. The van der Waals surface area contributed by atoms with Crippen LogP contribution in [0.3, 0.4) is 0 Å². The quantitative estimate of drug-likeness (QED) is 0.754. The van der Waals surface area contributed by atoms with E-state index in [1.54, 1.807) is 11.3 Å².